The molecular formula is C13H19NO. The van der Waals surface area contributed by atoms with Crippen LogP contribution < -0.4 is 10.1 Å². The second-order valence-electron chi connectivity index (χ2n) is 4.49. The Kier molecular flexibility index (Phi) is 3.27. The van der Waals surface area contributed by atoms with E-state index in [4.69, 9.17) is 4.74 Å². The number of hydrogen-bond donors (Lipinski definition) is 1. The van der Waals surface area contributed by atoms with E-state index in [1.165, 1.54) is 19.3 Å². The largest absolute Gasteiger partial charge is 0.493 e. The molecule has 0 unspecified atom stereocenters. The van der Waals surface area contributed by atoms with Crippen LogP contribution >= 0.6 is 0 Å². The second kappa shape index (κ2) is 4.67. The maximum atomic E-state index is 5.83. The summed E-state index contributed by atoms with van der Waals surface area (Å²) in [5.74, 6) is 0.986. The molecule has 2 heteroatoms. The summed E-state index contributed by atoms with van der Waals surface area (Å²) in [6.45, 7) is 1.91. The van der Waals surface area contributed by atoms with Gasteiger partial charge in [-0.1, -0.05) is 24.6 Å². The minimum Gasteiger partial charge on any atom is -0.493 e. The van der Waals surface area contributed by atoms with Crippen molar-refractivity contribution in [3.8, 4) is 5.75 Å². The van der Waals surface area contributed by atoms with Gasteiger partial charge in [-0.05, 0) is 32.0 Å². The van der Waals surface area contributed by atoms with Crippen LogP contribution in [0.25, 0.3) is 0 Å². The standard InChI is InChI=1S/C13H19NO/c1-14-10-13(8-5-9-13)11-15-12-6-3-2-4-7-12/h2-4,6-7,14H,5,8-11H2,1H3. The van der Waals surface area contributed by atoms with Gasteiger partial charge in [0, 0.05) is 12.0 Å². The van der Waals surface area contributed by atoms with Crippen LogP contribution in [-0.2, 0) is 0 Å². The number of rotatable bonds is 5. The van der Waals surface area contributed by atoms with Crippen molar-refractivity contribution in [1.82, 2.24) is 5.32 Å². The molecule has 0 aromatic heterocycles. The number of ether oxygens (including phenoxy) is 1. The Hall–Kier alpha value is -1.02. The van der Waals surface area contributed by atoms with E-state index in [1.807, 2.05) is 37.4 Å². The molecule has 0 saturated heterocycles. The molecule has 0 bridgehead atoms. The zero-order chi connectivity index (χ0) is 10.6. The van der Waals surface area contributed by atoms with Crippen LogP contribution in [0.4, 0.5) is 0 Å². The van der Waals surface area contributed by atoms with E-state index in [0.717, 1.165) is 18.9 Å². The van der Waals surface area contributed by atoms with Crippen molar-refractivity contribution in [2.75, 3.05) is 20.2 Å². The molecule has 1 N–H and O–H groups in total. The first-order valence-electron chi connectivity index (χ1n) is 5.67. The lowest BCUT2D eigenvalue weighted by atomic mass is 9.69. The molecule has 1 saturated carbocycles. The third kappa shape index (κ3) is 2.51. The fraction of sp³-hybridized carbons (Fsp3) is 0.538. The van der Waals surface area contributed by atoms with E-state index < -0.39 is 0 Å². The van der Waals surface area contributed by atoms with Crippen LogP contribution in [0.15, 0.2) is 30.3 Å². The van der Waals surface area contributed by atoms with Crippen molar-refractivity contribution in [2.45, 2.75) is 19.3 Å². The molecule has 0 atom stereocenters. The van der Waals surface area contributed by atoms with Crippen molar-refractivity contribution >= 4 is 0 Å². The highest BCUT2D eigenvalue weighted by atomic mass is 16.5. The Morgan fingerprint density at radius 2 is 2.00 bits per heavy atom. The number of nitrogens with one attached hydrogen (secondary N) is 1. The highest BCUT2D eigenvalue weighted by molar-refractivity contribution is 5.21. The first kappa shape index (κ1) is 10.5. The van der Waals surface area contributed by atoms with Gasteiger partial charge in [0.1, 0.15) is 5.75 Å². The van der Waals surface area contributed by atoms with Crippen LogP contribution in [0.5, 0.6) is 5.75 Å². The van der Waals surface area contributed by atoms with E-state index in [9.17, 15) is 0 Å². The fourth-order valence-electron chi connectivity index (χ4n) is 2.18. The topological polar surface area (TPSA) is 21.3 Å². The molecule has 2 nitrogen and oxygen atoms in total. The van der Waals surface area contributed by atoms with Gasteiger partial charge in [0.05, 0.1) is 6.61 Å². The van der Waals surface area contributed by atoms with Gasteiger partial charge in [-0.15, -0.1) is 0 Å². The predicted octanol–water partition coefficient (Wildman–Crippen LogP) is 2.46. The first-order chi connectivity index (χ1) is 7.35. The molecule has 1 fully saturated rings. The third-order valence-electron chi connectivity index (χ3n) is 3.25. The zero-order valence-corrected chi connectivity index (χ0v) is 9.33. The molecule has 15 heavy (non-hydrogen) atoms. The van der Waals surface area contributed by atoms with Crippen molar-refractivity contribution in [2.24, 2.45) is 5.41 Å². The molecule has 0 radical (unpaired) electrons. The molecule has 0 heterocycles. The summed E-state index contributed by atoms with van der Waals surface area (Å²) in [4.78, 5) is 0. The van der Waals surface area contributed by atoms with Gasteiger partial charge in [-0.2, -0.15) is 0 Å². The van der Waals surface area contributed by atoms with Crippen molar-refractivity contribution in [3.63, 3.8) is 0 Å². The highest BCUT2D eigenvalue weighted by Crippen LogP contribution is 2.40. The molecule has 1 aliphatic carbocycles. The molecule has 0 spiro atoms. The van der Waals surface area contributed by atoms with Crippen LogP contribution in [0.3, 0.4) is 0 Å². The second-order valence-corrected chi connectivity index (χ2v) is 4.49. The lowest BCUT2D eigenvalue weighted by Gasteiger charge is -2.41. The molecule has 82 valence electrons. The third-order valence-corrected chi connectivity index (χ3v) is 3.25. The van der Waals surface area contributed by atoms with Gasteiger partial charge in [0.15, 0.2) is 0 Å². The Labute approximate surface area is 91.6 Å². The van der Waals surface area contributed by atoms with E-state index in [2.05, 4.69) is 5.32 Å². The number of para-hydroxylation sites is 1. The predicted molar refractivity (Wildman–Crippen MR) is 62.1 cm³/mol. The average Bonchev–Trinajstić information content (AvgIpc) is 2.23. The Morgan fingerprint density at radius 3 is 2.53 bits per heavy atom. The molecule has 2 rings (SSSR count). The minimum atomic E-state index is 0.393. The summed E-state index contributed by atoms with van der Waals surface area (Å²) in [7, 11) is 2.02. The summed E-state index contributed by atoms with van der Waals surface area (Å²) in [6.07, 6.45) is 3.93. The average molecular weight is 205 g/mol. The molecule has 0 amide bonds. The van der Waals surface area contributed by atoms with Gasteiger partial charge in [0.25, 0.3) is 0 Å². The van der Waals surface area contributed by atoms with Crippen LogP contribution in [0.1, 0.15) is 19.3 Å². The summed E-state index contributed by atoms with van der Waals surface area (Å²) >= 11 is 0. The lowest BCUT2D eigenvalue weighted by molar-refractivity contribution is 0.0595. The van der Waals surface area contributed by atoms with Crippen LogP contribution in [-0.4, -0.2) is 20.2 Å². The monoisotopic (exact) mass is 205 g/mol. The zero-order valence-electron chi connectivity index (χ0n) is 9.33. The van der Waals surface area contributed by atoms with Gasteiger partial charge < -0.3 is 10.1 Å². The van der Waals surface area contributed by atoms with Crippen LogP contribution in [0.2, 0.25) is 0 Å². The molecule has 1 aromatic rings. The number of benzene rings is 1. The van der Waals surface area contributed by atoms with Crippen molar-refractivity contribution in [3.05, 3.63) is 30.3 Å². The maximum absolute atomic E-state index is 5.83. The van der Waals surface area contributed by atoms with Gasteiger partial charge >= 0.3 is 0 Å². The quantitative estimate of drug-likeness (QED) is 0.797. The number of hydrogen-bond acceptors (Lipinski definition) is 2. The van der Waals surface area contributed by atoms with E-state index in [1.54, 1.807) is 0 Å². The van der Waals surface area contributed by atoms with Crippen molar-refractivity contribution < 1.29 is 4.74 Å². The van der Waals surface area contributed by atoms with E-state index in [0.29, 0.717) is 5.41 Å². The van der Waals surface area contributed by atoms with E-state index >= 15 is 0 Å². The molecular weight excluding hydrogens is 186 g/mol. The van der Waals surface area contributed by atoms with Gasteiger partial charge in [-0.3, -0.25) is 0 Å². The maximum Gasteiger partial charge on any atom is 0.119 e. The van der Waals surface area contributed by atoms with Crippen molar-refractivity contribution in [1.29, 1.82) is 0 Å². The van der Waals surface area contributed by atoms with Gasteiger partial charge in [-0.25, -0.2) is 0 Å². The fourth-order valence-corrected chi connectivity index (χ4v) is 2.18. The normalized spacial score (nSPS) is 18.2. The van der Waals surface area contributed by atoms with Gasteiger partial charge in [0.2, 0.25) is 0 Å². The summed E-state index contributed by atoms with van der Waals surface area (Å²) < 4.78 is 5.83. The Morgan fingerprint density at radius 1 is 1.27 bits per heavy atom. The molecule has 1 aliphatic rings. The molecule has 1 aromatic carbocycles. The minimum absolute atomic E-state index is 0.393. The molecule has 0 aliphatic heterocycles. The van der Waals surface area contributed by atoms with Crippen LogP contribution in [0, 0.1) is 5.41 Å². The first-order valence-corrected chi connectivity index (χ1v) is 5.67. The summed E-state index contributed by atoms with van der Waals surface area (Å²) in [5, 5.41) is 3.27. The lowest BCUT2D eigenvalue weighted by Crippen LogP contribution is -2.43. The highest BCUT2D eigenvalue weighted by Gasteiger charge is 2.37. The Balaban J connectivity index is 1.86. The Bertz CT molecular complexity index is 293. The smallest absolute Gasteiger partial charge is 0.119 e. The summed E-state index contributed by atoms with van der Waals surface area (Å²) in [5.41, 5.74) is 0.393. The summed E-state index contributed by atoms with van der Waals surface area (Å²) in [6, 6.07) is 10.1. The SMILES string of the molecule is CNCC1(COc2ccccc2)CCC1. The van der Waals surface area contributed by atoms with E-state index in [-0.39, 0.29) is 0 Å².